The van der Waals surface area contributed by atoms with Gasteiger partial charge in [-0.05, 0) is 134 Å². The molecular weight excluding hydrogens is 641 g/mol. The molecule has 4 aromatic rings. The molecule has 45 heavy (non-hydrogen) atoms. The Morgan fingerprint density at radius 2 is 1.11 bits per heavy atom. The first-order valence-electron chi connectivity index (χ1n) is 13.6. The lowest BCUT2D eigenvalue weighted by atomic mass is 9.96. The number of benzene rings is 4. The minimum Gasteiger partial charge on any atom is -0.496 e. The third kappa shape index (κ3) is 7.23. The summed E-state index contributed by atoms with van der Waals surface area (Å²) in [5.74, 6) is 0.262. The Morgan fingerprint density at radius 1 is 0.622 bits per heavy atom. The van der Waals surface area contributed by atoms with Crippen molar-refractivity contribution in [2.24, 2.45) is 0 Å². The summed E-state index contributed by atoms with van der Waals surface area (Å²) in [6.07, 6.45) is 0. The summed E-state index contributed by atoms with van der Waals surface area (Å²) < 4.78 is 102. The maximum atomic E-state index is 13.6. The summed E-state index contributed by atoms with van der Waals surface area (Å²) in [6.45, 7) is 9.14. The summed E-state index contributed by atoms with van der Waals surface area (Å²) in [7, 11) is -10.7. The quantitative estimate of drug-likeness (QED) is 0.151. The predicted octanol–water partition coefficient (Wildman–Crippen LogP) is 6.25. The Labute approximate surface area is 264 Å². The number of rotatable bonds is 10. The van der Waals surface area contributed by atoms with Gasteiger partial charge in [-0.2, -0.15) is 16.8 Å². The maximum Gasteiger partial charge on any atom is 0.300 e. The second kappa shape index (κ2) is 12.6. The molecular formula is C32H34O10S3. The average Bonchev–Trinajstić information content (AvgIpc) is 2.95. The van der Waals surface area contributed by atoms with E-state index in [9.17, 15) is 29.8 Å². The van der Waals surface area contributed by atoms with Crippen molar-refractivity contribution < 1.29 is 43.5 Å². The number of sulfone groups is 1. The summed E-state index contributed by atoms with van der Waals surface area (Å²) in [5, 5.41) is 0. The minimum atomic E-state index is -4.46. The van der Waals surface area contributed by atoms with E-state index >= 15 is 0 Å². The first-order valence-corrected chi connectivity index (χ1v) is 18.1. The van der Waals surface area contributed by atoms with Gasteiger partial charge in [0, 0.05) is 0 Å². The van der Waals surface area contributed by atoms with Gasteiger partial charge in [0.25, 0.3) is 20.2 Å². The van der Waals surface area contributed by atoms with Gasteiger partial charge < -0.3 is 9.47 Å². The second-order valence-corrected chi connectivity index (χ2v) is 15.8. The van der Waals surface area contributed by atoms with E-state index < -0.39 is 40.7 Å². The van der Waals surface area contributed by atoms with Crippen LogP contribution in [0.4, 0.5) is 0 Å². The molecule has 10 nitrogen and oxygen atoms in total. The van der Waals surface area contributed by atoms with Gasteiger partial charge in [-0.15, -0.1) is 0 Å². The zero-order chi connectivity index (χ0) is 33.5. The Bertz CT molecular complexity index is 2090. The highest BCUT2D eigenvalue weighted by molar-refractivity contribution is 7.91. The van der Waals surface area contributed by atoms with Gasteiger partial charge in [0.05, 0.1) is 24.0 Å². The van der Waals surface area contributed by atoms with E-state index in [2.05, 4.69) is 0 Å². The van der Waals surface area contributed by atoms with Gasteiger partial charge in [-0.25, -0.2) is 8.42 Å². The van der Waals surface area contributed by atoms with E-state index in [0.29, 0.717) is 22.4 Å². The summed E-state index contributed by atoms with van der Waals surface area (Å²) in [5.41, 5.74) is 5.80. The van der Waals surface area contributed by atoms with Crippen molar-refractivity contribution in [3.63, 3.8) is 0 Å². The van der Waals surface area contributed by atoms with Gasteiger partial charge in [-0.3, -0.25) is 8.74 Å². The van der Waals surface area contributed by atoms with Crippen LogP contribution in [-0.4, -0.2) is 44.0 Å². The van der Waals surface area contributed by atoms with E-state index in [1.54, 1.807) is 14.0 Å². The lowest BCUT2D eigenvalue weighted by Gasteiger charge is -2.18. The van der Waals surface area contributed by atoms with Crippen LogP contribution >= 0.6 is 0 Å². The van der Waals surface area contributed by atoms with Crippen molar-refractivity contribution >= 4 is 30.1 Å². The Balaban J connectivity index is 1.78. The van der Waals surface area contributed by atoms with Crippen LogP contribution in [0.3, 0.4) is 0 Å². The summed E-state index contributed by atoms with van der Waals surface area (Å²) >= 11 is 0. The molecule has 4 aromatic carbocycles. The number of aryl methyl sites for hydroxylation is 5. The van der Waals surface area contributed by atoms with Crippen LogP contribution in [0.2, 0.25) is 0 Å². The first-order chi connectivity index (χ1) is 20.9. The number of hydrogen-bond donors (Lipinski definition) is 1. The van der Waals surface area contributed by atoms with Crippen LogP contribution in [0.5, 0.6) is 17.2 Å². The highest BCUT2D eigenvalue weighted by Crippen LogP contribution is 2.39. The van der Waals surface area contributed by atoms with Crippen molar-refractivity contribution in [3.05, 3.63) is 94.0 Å². The SMILES string of the molecule is COc1c(C)cc(-c2cc(C)c(Oc3ccc(S(=O)(=O)c4ccc(C)c(CS(=O)(=O)O)c4)cc3S(=O)(=O)OC)c(C)c2)cc1C. The summed E-state index contributed by atoms with van der Waals surface area (Å²) in [6, 6.07) is 15.0. The van der Waals surface area contributed by atoms with Crippen molar-refractivity contribution in [1.29, 1.82) is 0 Å². The van der Waals surface area contributed by atoms with Crippen LogP contribution in [0.15, 0.2) is 75.4 Å². The molecule has 4 rings (SSSR count). The third-order valence-electron chi connectivity index (χ3n) is 7.35. The van der Waals surface area contributed by atoms with Gasteiger partial charge >= 0.3 is 0 Å². The highest BCUT2D eigenvalue weighted by atomic mass is 32.2. The normalized spacial score (nSPS) is 12.3. The molecule has 0 atom stereocenters. The molecule has 0 unspecified atom stereocenters. The Morgan fingerprint density at radius 3 is 1.60 bits per heavy atom. The molecule has 0 aliphatic heterocycles. The van der Waals surface area contributed by atoms with Gasteiger partial charge in [-0.1, -0.05) is 6.07 Å². The van der Waals surface area contributed by atoms with E-state index in [0.717, 1.165) is 47.2 Å². The van der Waals surface area contributed by atoms with Crippen LogP contribution in [0.25, 0.3) is 11.1 Å². The number of ether oxygens (including phenoxy) is 2. The largest absolute Gasteiger partial charge is 0.496 e. The first kappa shape index (κ1) is 34.1. The fraction of sp³-hybridized carbons (Fsp3) is 0.250. The zero-order valence-corrected chi connectivity index (χ0v) is 28.3. The van der Waals surface area contributed by atoms with Crippen LogP contribution in [0, 0.1) is 34.6 Å². The van der Waals surface area contributed by atoms with Crippen LogP contribution < -0.4 is 9.47 Å². The highest BCUT2D eigenvalue weighted by Gasteiger charge is 2.27. The Kier molecular flexibility index (Phi) is 9.53. The van der Waals surface area contributed by atoms with Crippen molar-refractivity contribution in [3.8, 4) is 28.4 Å². The van der Waals surface area contributed by atoms with Gasteiger partial charge in [0.15, 0.2) is 0 Å². The molecule has 0 amide bonds. The third-order valence-corrected chi connectivity index (χ3v) is 11.1. The average molecular weight is 675 g/mol. The zero-order valence-electron chi connectivity index (χ0n) is 25.8. The summed E-state index contributed by atoms with van der Waals surface area (Å²) in [4.78, 5) is -1.19. The van der Waals surface area contributed by atoms with E-state index in [1.165, 1.54) is 24.3 Å². The lowest BCUT2D eigenvalue weighted by Crippen LogP contribution is -2.10. The van der Waals surface area contributed by atoms with E-state index in [-0.39, 0.29) is 21.1 Å². The standard InChI is InChI=1S/C32H34O10S3/c1-19-8-9-27(16-26(19)18-43(33,34)35)44(36,37)28-10-11-29(30(17-28)45(38,39)41-7)42-32-22(4)14-25(15-23(32)5)24-12-20(2)31(40-6)21(3)13-24/h8-17H,18H2,1-7H3,(H,33,34,35). The molecule has 0 saturated carbocycles. The molecule has 0 radical (unpaired) electrons. The molecule has 13 heteroatoms. The molecule has 1 N–H and O–H groups in total. The topological polar surface area (TPSA) is 150 Å². The molecule has 0 bridgehead atoms. The second-order valence-electron chi connectivity index (χ2n) is 10.7. The molecule has 0 spiro atoms. The molecule has 0 aliphatic carbocycles. The fourth-order valence-electron chi connectivity index (χ4n) is 5.15. The van der Waals surface area contributed by atoms with Crippen LogP contribution in [-0.2, 0) is 40.0 Å². The minimum absolute atomic E-state index is 0.0811. The van der Waals surface area contributed by atoms with Gasteiger partial charge in [0.2, 0.25) is 9.84 Å². The van der Waals surface area contributed by atoms with E-state index in [1.807, 2.05) is 52.0 Å². The van der Waals surface area contributed by atoms with Crippen LogP contribution in [0.1, 0.15) is 33.4 Å². The number of hydrogen-bond acceptors (Lipinski definition) is 9. The molecule has 240 valence electrons. The smallest absolute Gasteiger partial charge is 0.300 e. The van der Waals surface area contributed by atoms with Crippen molar-refractivity contribution in [2.75, 3.05) is 14.2 Å². The molecule has 0 heterocycles. The van der Waals surface area contributed by atoms with Crippen molar-refractivity contribution in [1.82, 2.24) is 0 Å². The predicted molar refractivity (Wildman–Crippen MR) is 170 cm³/mol. The molecule has 0 fully saturated rings. The molecule has 0 aliphatic rings. The number of methoxy groups -OCH3 is 1. The Hall–Kier alpha value is -3.75. The van der Waals surface area contributed by atoms with Crippen molar-refractivity contribution in [2.45, 2.75) is 55.1 Å². The van der Waals surface area contributed by atoms with E-state index in [4.69, 9.17) is 13.7 Å². The monoisotopic (exact) mass is 674 g/mol. The molecule has 0 aromatic heterocycles. The lowest BCUT2D eigenvalue weighted by molar-refractivity contribution is 0.390. The molecule has 0 saturated heterocycles. The fourth-order valence-corrected chi connectivity index (χ4v) is 8.08. The maximum absolute atomic E-state index is 13.6. The van der Waals surface area contributed by atoms with Gasteiger partial charge in [0.1, 0.15) is 27.9 Å².